The maximum absolute atomic E-state index is 2.33. The Balaban J connectivity index is 0. The zero-order valence-electron chi connectivity index (χ0n) is 5.81. The average molecular weight is 231 g/mol. The molecule has 0 rings (SSSR count). The molecule has 0 saturated heterocycles. The van der Waals surface area contributed by atoms with E-state index in [9.17, 15) is 0 Å². The number of halogens is 1. The van der Waals surface area contributed by atoms with Crippen LogP contribution in [0, 0.1) is 0 Å². The Morgan fingerprint density at radius 3 is 2.12 bits per heavy atom. The fourth-order valence-electron chi connectivity index (χ4n) is 0.553. The second-order valence-electron chi connectivity index (χ2n) is 2.25. The van der Waals surface area contributed by atoms with Gasteiger partial charge < -0.3 is 0 Å². The van der Waals surface area contributed by atoms with Crippen LogP contribution >= 0.6 is 17.0 Å². The summed E-state index contributed by atoms with van der Waals surface area (Å²) in [5.41, 5.74) is 0. The van der Waals surface area contributed by atoms with Gasteiger partial charge in [-0.15, -0.1) is 17.0 Å². The summed E-state index contributed by atoms with van der Waals surface area (Å²) in [7, 11) is 0. The first-order chi connectivity index (χ1) is 3.27. The van der Waals surface area contributed by atoms with Crippen molar-refractivity contribution in [1.82, 2.24) is 0 Å². The van der Waals surface area contributed by atoms with Gasteiger partial charge in [0.15, 0.2) is 0 Å². The Hall–Kier alpha value is 1.10. The van der Waals surface area contributed by atoms with Crippen molar-refractivity contribution in [3.05, 3.63) is 0 Å². The van der Waals surface area contributed by atoms with Gasteiger partial charge >= 0.3 is 55.9 Å². The summed E-state index contributed by atoms with van der Waals surface area (Å²) >= 11 is 1.47. The molecule has 0 nitrogen and oxygen atoms in total. The molecule has 0 aromatic rings. The molecule has 0 aliphatic rings. The van der Waals surface area contributed by atoms with Crippen LogP contribution in [-0.4, -0.2) is 0 Å². The first-order valence-corrected chi connectivity index (χ1v) is 4.81. The third-order valence-corrected chi connectivity index (χ3v) is 1.91. The maximum atomic E-state index is 2.33. The van der Waals surface area contributed by atoms with Crippen LogP contribution in [0.4, 0.5) is 0 Å². The molecule has 0 aromatic carbocycles. The fraction of sp³-hybridized carbons (Fsp3) is 1.00. The minimum absolute atomic E-state index is 0. The van der Waals surface area contributed by atoms with Crippen molar-refractivity contribution < 1.29 is 18.3 Å². The van der Waals surface area contributed by atoms with E-state index >= 15 is 0 Å². The topological polar surface area (TPSA) is 0 Å². The molecule has 0 aliphatic heterocycles. The van der Waals surface area contributed by atoms with Crippen molar-refractivity contribution in [3.63, 3.8) is 0 Å². The standard InChI is InChI=1S/C6H13.BrH.Zn/c1-3-5-6-4-2;;/h3H,4-6H2,1-2H3;1H;. The van der Waals surface area contributed by atoms with E-state index in [0.717, 1.165) is 4.51 Å². The summed E-state index contributed by atoms with van der Waals surface area (Å²) in [5, 5.41) is 0. The van der Waals surface area contributed by atoms with Gasteiger partial charge in [0.2, 0.25) is 0 Å². The first-order valence-electron chi connectivity index (χ1n) is 3.10. The van der Waals surface area contributed by atoms with E-state index in [-0.39, 0.29) is 17.0 Å². The van der Waals surface area contributed by atoms with Gasteiger partial charge in [0.1, 0.15) is 0 Å². The molecule has 0 N–H and O–H groups in total. The van der Waals surface area contributed by atoms with Crippen LogP contribution in [0.2, 0.25) is 4.51 Å². The monoisotopic (exact) mass is 229 g/mol. The van der Waals surface area contributed by atoms with E-state index in [1.165, 1.54) is 37.6 Å². The Labute approximate surface area is 72.9 Å². The SMILES string of the molecule is Br.CCCC[CH](C)[Zn]. The van der Waals surface area contributed by atoms with E-state index in [0.29, 0.717) is 0 Å². The normalized spacial score (nSPS) is 12.5. The van der Waals surface area contributed by atoms with Crippen molar-refractivity contribution in [1.29, 1.82) is 0 Å². The van der Waals surface area contributed by atoms with Crippen molar-refractivity contribution in [3.8, 4) is 0 Å². The molecule has 0 aliphatic carbocycles. The van der Waals surface area contributed by atoms with Crippen molar-refractivity contribution in [2.75, 3.05) is 0 Å². The molecular formula is C6H14BrZn. The summed E-state index contributed by atoms with van der Waals surface area (Å²) in [6, 6.07) is 0. The number of unbranched alkanes of at least 4 members (excludes halogenated alkanes) is 1. The quantitative estimate of drug-likeness (QED) is 0.655. The molecule has 0 aromatic heterocycles. The second kappa shape index (κ2) is 8.10. The third-order valence-electron chi connectivity index (χ3n) is 1.05. The van der Waals surface area contributed by atoms with E-state index in [2.05, 4.69) is 13.8 Å². The van der Waals surface area contributed by atoms with Crippen LogP contribution in [0.15, 0.2) is 0 Å². The van der Waals surface area contributed by atoms with Gasteiger partial charge in [0.25, 0.3) is 0 Å². The minimum atomic E-state index is 0. The van der Waals surface area contributed by atoms with E-state index in [1.807, 2.05) is 0 Å². The summed E-state index contributed by atoms with van der Waals surface area (Å²) < 4.78 is 1.03. The molecule has 0 amide bonds. The average Bonchev–Trinajstić information content (AvgIpc) is 1.61. The summed E-state index contributed by atoms with van der Waals surface area (Å²) in [6.45, 7) is 4.58. The molecule has 0 saturated carbocycles. The summed E-state index contributed by atoms with van der Waals surface area (Å²) in [4.78, 5) is 0. The van der Waals surface area contributed by atoms with Crippen LogP contribution in [0.3, 0.4) is 0 Å². The van der Waals surface area contributed by atoms with Crippen LogP contribution < -0.4 is 0 Å². The van der Waals surface area contributed by atoms with E-state index < -0.39 is 0 Å². The second-order valence-corrected chi connectivity index (χ2v) is 5.17. The Bertz CT molecular complexity index is 37.5. The molecule has 0 heterocycles. The zero-order valence-corrected chi connectivity index (χ0v) is 10.5. The Kier molecular flexibility index (Phi) is 12.0. The molecular weight excluding hydrogens is 217 g/mol. The van der Waals surface area contributed by atoms with Crippen LogP contribution in [0.5, 0.6) is 0 Å². The van der Waals surface area contributed by atoms with Crippen LogP contribution in [-0.2, 0) is 18.3 Å². The molecule has 1 atom stereocenters. The molecule has 0 radical (unpaired) electrons. The van der Waals surface area contributed by atoms with Gasteiger partial charge in [-0.2, -0.15) is 0 Å². The molecule has 0 bridgehead atoms. The molecule has 0 spiro atoms. The Morgan fingerprint density at radius 1 is 1.50 bits per heavy atom. The van der Waals surface area contributed by atoms with Crippen molar-refractivity contribution >= 4 is 17.0 Å². The molecule has 47 valence electrons. The number of hydrogen-bond donors (Lipinski definition) is 0. The Morgan fingerprint density at radius 2 is 2.00 bits per heavy atom. The third kappa shape index (κ3) is 10.2. The molecule has 2 heteroatoms. The van der Waals surface area contributed by atoms with E-state index in [4.69, 9.17) is 0 Å². The van der Waals surface area contributed by atoms with Crippen LogP contribution in [0.1, 0.15) is 33.1 Å². The van der Waals surface area contributed by atoms with Crippen molar-refractivity contribution in [2.45, 2.75) is 37.6 Å². The molecule has 0 fully saturated rings. The van der Waals surface area contributed by atoms with Gasteiger partial charge in [-0.3, -0.25) is 0 Å². The first kappa shape index (κ1) is 11.8. The predicted octanol–water partition coefficient (Wildman–Crippen LogP) is 3.11. The van der Waals surface area contributed by atoms with Gasteiger partial charge in [0, 0.05) is 0 Å². The number of rotatable bonds is 3. The molecule has 1 unspecified atom stereocenters. The van der Waals surface area contributed by atoms with Gasteiger partial charge in [0.05, 0.1) is 0 Å². The number of hydrogen-bond acceptors (Lipinski definition) is 0. The summed E-state index contributed by atoms with van der Waals surface area (Å²) in [5.74, 6) is 0. The fourth-order valence-corrected chi connectivity index (χ4v) is 1.16. The van der Waals surface area contributed by atoms with Gasteiger partial charge in [-0.25, -0.2) is 0 Å². The van der Waals surface area contributed by atoms with Gasteiger partial charge in [-0.1, -0.05) is 0 Å². The van der Waals surface area contributed by atoms with Crippen molar-refractivity contribution in [2.24, 2.45) is 0 Å². The zero-order chi connectivity index (χ0) is 5.70. The molecule has 8 heavy (non-hydrogen) atoms. The van der Waals surface area contributed by atoms with E-state index in [1.54, 1.807) is 0 Å². The predicted molar refractivity (Wildman–Crippen MR) is 39.3 cm³/mol. The summed E-state index contributed by atoms with van der Waals surface area (Å²) in [6.07, 6.45) is 4.25. The van der Waals surface area contributed by atoms with Crippen LogP contribution in [0.25, 0.3) is 0 Å². The van der Waals surface area contributed by atoms with Gasteiger partial charge in [-0.05, 0) is 0 Å².